The molecule has 0 saturated heterocycles. The number of benzene rings is 1. The second-order valence-electron chi connectivity index (χ2n) is 5.49. The summed E-state index contributed by atoms with van der Waals surface area (Å²) in [6.45, 7) is 2.48. The smallest absolute Gasteiger partial charge is 0.253 e. The van der Waals surface area contributed by atoms with E-state index in [1.807, 2.05) is 55.5 Å². The predicted octanol–water partition coefficient (Wildman–Crippen LogP) is 3.92. The van der Waals surface area contributed by atoms with Crippen LogP contribution in [-0.2, 0) is 6.54 Å². The molecule has 2 heterocycles. The van der Waals surface area contributed by atoms with Crippen molar-refractivity contribution in [3.63, 3.8) is 0 Å². The molecule has 0 radical (unpaired) electrons. The highest BCUT2D eigenvalue weighted by Gasteiger charge is 2.14. The van der Waals surface area contributed by atoms with E-state index in [2.05, 4.69) is 4.98 Å². The number of carbonyl (C=O) groups excluding carboxylic acids is 1. The molecule has 0 bridgehead atoms. The standard InChI is InChI=1S/C19H18N2O2/c1-14-6-4-10-20-17(14)13-21(2)19(22)16-8-3-7-15(12-16)18-9-5-11-23-18/h3-12H,13H2,1-2H3. The van der Waals surface area contributed by atoms with E-state index >= 15 is 0 Å². The van der Waals surface area contributed by atoms with Crippen LogP contribution in [0.3, 0.4) is 0 Å². The van der Waals surface area contributed by atoms with Crippen molar-refractivity contribution in [3.8, 4) is 11.3 Å². The molecule has 1 amide bonds. The first kappa shape index (κ1) is 15.0. The van der Waals surface area contributed by atoms with Gasteiger partial charge in [0, 0.05) is 24.4 Å². The molecule has 23 heavy (non-hydrogen) atoms. The molecule has 3 aromatic rings. The van der Waals surface area contributed by atoms with Crippen molar-refractivity contribution < 1.29 is 9.21 Å². The quantitative estimate of drug-likeness (QED) is 0.734. The molecule has 0 aliphatic rings. The second-order valence-corrected chi connectivity index (χ2v) is 5.49. The average molecular weight is 306 g/mol. The fraction of sp³-hybridized carbons (Fsp3) is 0.158. The molecule has 0 unspecified atom stereocenters. The van der Waals surface area contributed by atoms with Crippen molar-refractivity contribution in [2.75, 3.05) is 7.05 Å². The lowest BCUT2D eigenvalue weighted by Crippen LogP contribution is -2.27. The van der Waals surface area contributed by atoms with Crippen LogP contribution in [-0.4, -0.2) is 22.8 Å². The molecule has 0 N–H and O–H groups in total. The molecule has 3 rings (SSSR count). The molecule has 116 valence electrons. The van der Waals surface area contributed by atoms with Crippen molar-refractivity contribution in [1.82, 2.24) is 9.88 Å². The van der Waals surface area contributed by atoms with Crippen molar-refractivity contribution in [2.45, 2.75) is 13.5 Å². The predicted molar refractivity (Wildman–Crippen MR) is 88.9 cm³/mol. The van der Waals surface area contributed by atoms with Gasteiger partial charge in [-0.1, -0.05) is 18.2 Å². The molecule has 4 heteroatoms. The van der Waals surface area contributed by atoms with Crippen LogP contribution in [0.2, 0.25) is 0 Å². The first-order valence-electron chi connectivity index (χ1n) is 7.45. The van der Waals surface area contributed by atoms with E-state index in [1.54, 1.807) is 24.4 Å². The third-order valence-corrected chi connectivity index (χ3v) is 3.77. The van der Waals surface area contributed by atoms with Crippen LogP contribution in [0.15, 0.2) is 65.4 Å². The maximum Gasteiger partial charge on any atom is 0.253 e. The third-order valence-electron chi connectivity index (χ3n) is 3.77. The van der Waals surface area contributed by atoms with Crippen molar-refractivity contribution in [3.05, 3.63) is 77.8 Å². The van der Waals surface area contributed by atoms with E-state index in [1.165, 1.54) is 0 Å². The van der Waals surface area contributed by atoms with Crippen LogP contribution < -0.4 is 0 Å². The molecule has 0 atom stereocenters. The summed E-state index contributed by atoms with van der Waals surface area (Å²) in [6, 6.07) is 15.1. The summed E-state index contributed by atoms with van der Waals surface area (Å²) >= 11 is 0. The van der Waals surface area contributed by atoms with Gasteiger partial charge in [0.15, 0.2) is 0 Å². The number of pyridine rings is 1. The van der Waals surface area contributed by atoms with Crippen LogP contribution in [0.5, 0.6) is 0 Å². The zero-order valence-electron chi connectivity index (χ0n) is 13.2. The summed E-state index contributed by atoms with van der Waals surface area (Å²) in [6.07, 6.45) is 3.37. The van der Waals surface area contributed by atoms with Gasteiger partial charge < -0.3 is 9.32 Å². The van der Waals surface area contributed by atoms with Gasteiger partial charge in [0.1, 0.15) is 5.76 Å². The number of hydrogen-bond acceptors (Lipinski definition) is 3. The fourth-order valence-corrected chi connectivity index (χ4v) is 2.45. The van der Waals surface area contributed by atoms with Gasteiger partial charge in [-0.2, -0.15) is 0 Å². The SMILES string of the molecule is Cc1cccnc1CN(C)C(=O)c1cccc(-c2ccco2)c1. The highest BCUT2D eigenvalue weighted by atomic mass is 16.3. The van der Waals surface area contributed by atoms with Crippen molar-refractivity contribution in [1.29, 1.82) is 0 Å². The molecule has 0 spiro atoms. The van der Waals surface area contributed by atoms with Gasteiger partial charge in [-0.05, 0) is 42.8 Å². The number of aromatic nitrogens is 1. The van der Waals surface area contributed by atoms with Gasteiger partial charge in [-0.25, -0.2) is 0 Å². The van der Waals surface area contributed by atoms with Crippen molar-refractivity contribution >= 4 is 5.91 Å². The summed E-state index contributed by atoms with van der Waals surface area (Å²) in [5, 5.41) is 0. The topological polar surface area (TPSA) is 46.3 Å². The van der Waals surface area contributed by atoms with E-state index in [-0.39, 0.29) is 5.91 Å². The van der Waals surface area contributed by atoms with E-state index < -0.39 is 0 Å². The first-order valence-corrected chi connectivity index (χ1v) is 7.45. The third kappa shape index (κ3) is 3.31. The molecule has 0 fully saturated rings. The maximum absolute atomic E-state index is 12.6. The van der Waals surface area contributed by atoms with Crippen LogP contribution in [0.4, 0.5) is 0 Å². The first-order chi connectivity index (χ1) is 11.1. The summed E-state index contributed by atoms with van der Waals surface area (Å²) in [7, 11) is 1.79. The van der Waals surface area contributed by atoms with Crippen LogP contribution in [0.25, 0.3) is 11.3 Å². The fourth-order valence-electron chi connectivity index (χ4n) is 2.45. The average Bonchev–Trinajstić information content (AvgIpc) is 3.11. The van der Waals surface area contributed by atoms with E-state index in [4.69, 9.17) is 4.42 Å². The Hall–Kier alpha value is -2.88. The Morgan fingerprint density at radius 1 is 1.17 bits per heavy atom. The number of aryl methyl sites for hydroxylation is 1. The Labute approximate surface area is 135 Å². The summed E-state index contributed by atoms with van der Waals surface area (Å²) in [4.78, 5) is 18.7. The van der Waals surface area contributed by atoms with Crippen LogP contribution >= 0.6 is 0 Å². The van der Waals surface area contributed by atoms with Gasteiger partial charge in [0.05, 0.1) is 18.5 Å². The Morgan fingerprint density at radius 2 is 2.04 bits per heavy atom. The Balaban J connectivity index is 1.80. The molecule has 0 aliphatic heterocycles. The van der Waals surface area contributed by atoms with Gasteiger partial charge in [-0.3, -0.25) is 9.78 Å². The molecule has 1 aromatic carbocycles. The Kier molecular flexibility index (Phi) is 4.24. The monoisotopic (exact) mass is 306 g/mol. The molecule has 0 aliphatic carbocycles. The molecule has 4 nitrogen and oxygen atoms in total. The minimum Gasteiger partial charge on any atom is -0.464 e. The summed E-state index contributed by atoms with van der Waals surface area (Å²) in [5.41, 5.74) is 3.51. The minimum atomic E-state index is -0.0385. The van der Waals surface area contributed by atoms with Gasteiger partial charge in [0.2, 0.25) is 0 Å². The molecular formula is C19H18N2O2. The number of furan rings is 1. The Morgan fingerprint density at radius 3 is 2.78 bits per heavy atom. The lowest BCUT2D eigenvalue weighted by atomic mass is 10.1. The molecule has 2 aromatic heterocycles. The normalized spacial score (nSPS) is 10.5. The lowest BCUT2D eigenvalue weighted by molar-refractivity contribution is 0.0783. The second kappa shape index (κ2) is 6.48. The minimum absolute atomic E-state index is 0.0385. The van der Waals surface area contributed by atoms with Crippen molar-refractivity contribution in [2.24, 2.45) is 0 Å². The van der Waals surface area contributed by atoms with Crippen LogP contribution in [0.1, 0.15) is 21.6 Å². The van der Waals surface area contributed by atoms with Gasteiger partial charge in [0.25, 0.3) is 5.91 Å². The van der Waals surface area contributed by atoms with E-state index in [9.17, 15) is 4.79 Å². The van der Waals surface area contributed by atoms with Crippen LogP contribution in [0, 0.1) is 6.92 Å². The Bertz CT molecular complexity index is 810. The number of carbonyl (C=O) groups is 1. The van der Waals surface area contributed by atoms with E-state index in [0.29, 0.717) is 12.1 Å². The zero-order chi connectivity index (χ0) is 16.2. The summed E-state index contributed by atoms with van der Waals surface area (Å²) in [5.74, 6) is 0.714. The van der Waals surface area contributed by atoms with Gasteiger partial charge >= 0.3 is 0 Å². The zero-order valence-corrected chi connectivity index (χ0v) is 13.2. The lowest BCUT2D eigenvalue weighted by Gasteiger charge is -2.18. The summed E-state index contributed by atoms with van der Waals surface area (Å²) < 4.78 is 5.39. The largest absolute Gasteiger partial charge is 0.464 e. The maximum atomic E-state index is 12.6. The molecule has 0 saturated carbocycles. The van der Waals surface area contributed by atoms with E-state index in [0.717, 1.165) is 22.6 Å². The number of amides is 1. The number of hydrogen-bond donors (Lipinski definition) is 0. The van der Waals surface area contributed by atoms with Gasteiger partial charge in [-0.15, -0.1) is 0 Å². The number of nitrogens with zero attached hydrogens (tertiary/aromatic N) is 2. The highest BCUT2D eigenvalue weighted by Crippen LogP contribution is 2.21. The number of rotatable bonds is 4. The highest BCUT2D eigenvalue weighted by molar-refractivity contribution is 5.95. The molecular weight excluding hydrogens is 288 g/mol.